The van der Waals surface area contributed by atoms with Crippen molar-refractivity contribution in [2.75, 3.05) is 13.7 Å². The first-order valence-corrected chi connectivity index (χ1v) is 7.18. The molecule has 1 aromatic rings. The molecule has 2 heteroatoms. The number of ether oxygens (including phenoxy) is 1. The third-order valence-corrected chi connectivity index (χ3v) is 3.88. The second kappa shape index (κ2) is 6.24. The van der Waals surface area contributed by atoms with Gasteiger partial charge in [0.1, 0.15) is 5.75 Å². The van der Waals surface area contributed by atoms with Crippen molar-refractivity contribution in [2.45, 2.75) is 45.6 Å². The number of benzene rings is 1. The molecule has 1 N–H and O–H groups in total. The van der Waals surface area contributed by atoms with E-state index in [2.05, 4.69) is 37.4 Å². The zero-order chi connectivity index (χ0) is 13.0. The molecule has 0 bridgehead atoms. The molecule has 0 heterocycles. The van der Waals surface area contributed by atoms with Crippen molar-refractivity contribution < 1.29 is 4.74 Å². The number of nitrogens with one attached hydrogen (secondary N) is 1. The van der Waals surface area contributed by atoms with Crippen LogP contribution < -0.4 is 10.1 Å². The van der Waals surface area contributed by atoms with Crippen LogP contribution in [0.1, 0.15) is 50.3 Å². The maximum atomic E-state index is 6.03. The highest BCUT2D eigenvalue weighted by Gasteiger charge is 2.23. The van der Waals surface area contributed by atoms with Crippen LogP contribution in [-0.2, 0) is 6.42 Å². The van der Waals surface area contributed by atoms with Gasteiger partial charge in [-0.15, -0.1) is 0 Å². The summed E-state index contributed by atoms with van der Waals surface area (Å²) < 4.78 is 6.03. The molecule has 0 aliphatic heterocycles. The normalized spacial score (nSPS) is 19.6. The Kier molecular flexibility index (Phi) is 4.65. The third kappa shape index (κ3) is 2.86. The minimum absolute atomic E-state index is 0.511. The fourth-order valence-corrected chi connectivity index (χ4v) is 2.86. The van der Waals surface area contributed by atoms with Crippen molar-refractivity contribution in [3.63, 3.8) is 0 Å². The van der Waals surface area contributed by atoms with Crippen LogP contribution in [0.2, 0.25) is 0 Å². The first kappa shape index (κ1) is 13.4. The van der Waals surface area contributed by atoms with E-state index in [1.807, 2.05) is 7.05 Å². The molecule has 0 spiro atoms. The zero-order valence-corrected chi connectivity index (χ0v) is 11.8. The molecule has 1 aliphatic carbocycles. The van der Waals surface area contributed by atoms with E-state index in [1.165, 1.54) is 30.4 Å². The molecule has 2 atom stereocenters. The summed E-state index contributed by atoms with van der Waals surface area (Å²) in [4.78, 5) is 0. The van der Waals surface area contributed by atoms with Crippen LogP contribution >= 0.6 is 0 Å². The summed E-state index contributed by atoms with van der Waals surface area (Å²) >= 11 is 0. The molecular formula is C16H25NO. The molecular weight excluding hydrogens is 222 g/mol. The maximum Gasteiger partial charge on any atom is 0.122 e. The molecule has 1 aliphatic rings. The van der Waals surface area contributed by atoms with Gasteiger partial charge in [0.05, 0.1) is 6.61 Å². The summed E-state index contributed by atoms with van der Waals surface area (Å²) in [5.74, 6) is 1.75. The smallest absolute Gasteiger partial charge is 0.122 e. The SMILES string of the molecule is CCCC(C)COc1cccc2c1CCC2NC. The molecule has 2 nitrogen and oxygen atoms in total. The van der Waals surface area contributed by atoms with Crippen molar-refractivity contribution in [3.8, 4) is 5.75 Å². The summed E-state index contributed by atoms with van der Waals surface area (Å²) in [7, 11) is 2.04. The summed E-state index contributed by atoms with van der Waals surface area (Å²) in [6.45, 7) is 5.34. The lowest BCUT2D eigenvalue weighted by molar-refractivity contribution is 0.249. The van der Waals surface area contributed by atoms with E-state index in [9.17, 15) is 0 Å². The van der Waals surface area contributed by atoms with Crippen LogP contribution in [0.4, 0.5) is 0 Å². The Labute approximate surface area is 111 Å². The van der Waals surface area contributed by atoms with E-state index in [0.29, 0.717) is 12.0 Å². The molecule has 0 saturated carbocycles. The van der Waals surface area contributed by atoms with Crippen LogP contribution in [0.15, 0.2) is 18.2 Å². The molecule has 0 saturated heterocycles. The first-order chi connectivity index (χ1) is 8.76. The molecule has 1 aromatic carbocycles. The van der Waals surface area contributed by atoms with Crippen molar-refractivity contribution in [2.24, 2.45) is 5.92 Å². The third-order valence-electron chi connectivity index (χ3n) is 3.88. The predicted octanol–water partition coefficient (Wildman–Crippen LogP) is 3.71. The van der Waals surface area contributed by atoms with E-state index < -0.39 is 0 Å². The van der Waals surface area contributed by atoms with Gasteiger partial charge >= 0.3 is 0 Å². The zero-order valence-electron chi connectivity index (χ0n) is 11.8. The monoisotopic (exact) mass is 247 g/mol. The van der Waals surface area contributed by atoms with E-state index in [4.69, 9.17) is 4.74 Å². The Hall–Kier alpha value is -1.02. The molecule has 100 valence electrons. The topological polar surface area (TPSA) is 21.3 Å². The highest BCUT2D eigenvalue weighted by Crippen LogP contribution is 2.36. The highest BCUT2D eigenvalue weighted by atomic mass is 16.5. The van der Waals surface area contributed by atoms with Gasteiger partial charge in [0, 0.05) is 6.04 Å². The number of rotatable bonds is 6. The summed E-state index contributed by atoms with van der Waals surface area (Å²) in [6.07, 6.45) is 4.81. The fourth-order valence-electron chi connectivity index (χ4n) is 2.86. The molecule has 2 unspecified atom stereocenters. The number of hydrogen-bond donors (Lipinski definition) is 1. The number of fused-ring (bicyclic) bond motifs is 1. The summed E-state index contributed by atoms with van der Waals surface area (Å²) in [5, 5.41) is 3.38. The quantitative estimate of drug-likeness (QED) is 0.827. The Bertz CT molecular complexity index is 389. The molecule has 0 aromatic heterocycles. The second-order valence-electron chi connectivity index (χ2n) is 5.41. The van der Waals surface area contributed by atoms with Gasteiger partial charge in [-0.1, -0.05) is 32.4 Å². The van der Waals surface area contributed by atoms with Crippen molar-refractivity contribution in [1.82, 2.24) is 5.32 Å². The van der Waals surface area contributed by atoms with E-state index >= 15 is 0 Å². The first-order valence-electron chi connectivity index (χ1n) is 7.18. The Balaban J connectivity index is 2.04. The van der Waals surface area contributed by atoms with Gasteiger partial charge in [0.2, 0.25) is 0 Å². The van der Waals surface area contributed by atoms with E-state index in [0.717, 1.165) is 18.8 Å². The van der Waals surface area contributed by atoms with Crippen molar-refractivity contribution in [3.05, 3.63) is 29.3 Å². The maximum absolute atomic E-state index is 6.03. The highest BCUT2D eigenvalue weighted by molar-refractivity contribution is 5.45. The average Bonchev–Trinajstić information content (AvgIpc) is 2.80. The van der Waals surface area contributed by atoms with Gasteiger partial charge < -0.3 is 10.1 Å². The van der Waals surface area contributed by atoms with Gasteiger partial charge in [0.25, 0.3) is 0 Å². The number of hydrogen-bond acceptors (Lipinski definition) is 2. The summed E-state index contributed by atoms with van der Waals surface area (Å²) in [6, 6.07) is 6.98. The Morgan fingerprint density at radius 1 is 1.44 bits per heavy atom. The standard InChI is InChI=1S/C16H25NO/c1-4-6-12(2)11-18-16-8-5-7-13-14(16)9-10-15(13)17-3/h5,7-8,12,15,17H,4,6,9-11H2,1-3H3. The fraction of sp³-hybridized carbons (Fsp3) is 0.625. The molecule has 0 fully saturated rings. The second-order valence-corrected chi connectivity index (χ2v) is 5.41. The van der Waals surface area contributed by atoms with Gasteiger partial charge in [-0.05, 0) is 49.4 Å². The van der Waals surface area contributed by atoms with Crippen LogP contribution in [0.5, 0.6) is 5.75 Å². The van der Waals surface area contributed by atoms with Crippen LogP contribution in [-0.4, -0.2) is 13.7 Å². The largest absolute Gasteiger partial charge is 0.493 e. The van der Waals surface area contributed by atoms with Crippen molar-refractivity contribution in [1.29, 1.82) is 0 Å². The molecule has 18 heavy (non-hydrogen) atoms. The molecule has 2 rings (SSSR count). The average molecular weight is 247 g/mol. The van der Waals surface area contributed by atoms with Gasteiger partial charge in [-0.25, -0.2) is 0 Å². The Morgan fingerprint density at radius 2 is 2.28 bits per heavy atom. The van der Waals surface area contributed by atoms with Gasteiger partial charge in [-0.3, -0.25) is 0 Å². The minimum Gasteiger partial charge on any atom is -0.493 e. The predicted molar refractivity (Wildman–Crippen MR) is 76.1 cm³/mol. The van der Waals surface area contributed by atoms with Crippen LogP contribution in [0.3, 0.4) is 0 Å². The lowest BCUT2D eigenvalue weighted by Gasteiger charge is -2.15. The lowest BCUT2D eigenvalue weighted by Crippen LogP contribution is -2.13. The van der Waals surface area contributed by atoms with Crippen LogP contribution in [0.25, 0.3) is 0 Å². The van der Waals surface area contributed by atoms with Gasteiger partial charge in [0.15, 0.2) is 0 Å². The Morgan fingerprint density at radius 3 is 3.00 bits per heavy atom. The summed E-state index contributed by atoms with van der Waals surface area (Å²) in [5.41, 5.74) is 2.85. The van der Waals surface area contributed by atoms with Gasteiger partial charge in [-0.2, -0.15) is 0 Å². The lowest BCUT2D eigenvalue weighted by atomic mass is 10.1. The van der Waals surface area contributed by atoms with E-state index in [1.54, 1.807) is 0 Å². The minimum atomic E-state index is 0.511. The molecule has 0 radical (unpaired) electrons. The molecule has 0 amide bonds. The van der Waals surface area contributed by atoms with Crippen LogP contribution in [0, 0.1) is 5.92 Å². The van der Waals surface area contributed by atoms with E-state index in [-0.39, 0.29) is 0 Å². The van der Waals surface area contributed by atoms with Crippen molar-refractivity contribution >= 4 is 0 Å².